The SMILES string of the molecule is CCOc1ccc(/C=C/C(=O)N2CCOC(c3ccc(F)cc3)C2)cc1. The van der Waals surface area contributed by atoms with Crippen LogP contribution in [0.2, 0.25) is 0 Å². The van der Waals surface area contributed by atoms with Gasteiger partial charge in [0.25, 0.3) is 0 Å². The third kappa shape index (κ3) is 4.70. The van der Waals surface area contributed by atoms with Gasteiger partial charge in [-0.25, -0.2) is 4.39 Å². The second-order valence-electron chi connectivity index (χ2n) is 6.03. The van der Waals surface area contributed by atoms with E-state index in [1.165, 1.54) is 12.1 Å². The van der Waals surface area contributed by atoms with Gasteiger partial charge in [0.15, 0.2) is 0 Å². The minimum atomic E-state index is -0.282. The molecule has 1 fully saturated rings. The largest absolute Gasteiger partial charge is 0.494 e. The summed E-state index contributed by atoms with van der Waals surface area (Å²) in [5.41, 5.74) is 1.81. The van der Waals surface area contributed by atoms with Gasteiger partial charge >= 0.3 is 0 Å². The lowest BCUT2D eigenvalue weighted by atomic mass is 10.1. The highest BCUT2D eigenvalue weighted by atomic mass is 19.1. The molecule has 0 saturated carbocycles. The first kappa shape index (κ1) is 18.1. The maximum Gasteiger partial charge on any atom is 0.246 e. The zero-order valence-corrected chi connectivity index (χ0v) is 14.7. The molecule has 1 aliphatic rings. The molecular weight excluding hydrogens is 333 g/mol. The second-order valence-corrected chi connectivity index (χ2v) is 6.03. The van der Waals surface area contributed by atoms with Gasteiger partial charge in [0.05, 0.1) is 19.8 Å². The van der Waals surface area contributed by atoms with Gasteiger partial charge < -0.3 is 14.4 Å². The Bertz CT molecular complexity index is 756. The molecule has 5 heteroatoms. The lowest BCUT2D eigenvalue weighted by molar-refractivity contribution is -0.133. The van der Waals surface area contributed by atoms with E-state index < -0.39 is 0 Å². The van der Waals surface area contributed by atoms with Crippen LogP contribution in [0.4, 0.5) is 4.39 Å². The first-order valence-electron chi connectivity index (χ1n) is 8.72. The Hall–Kier alpha value is -2.66. The van der Waals surface area contributed by atoms with E-state index in [0.717, 1.165) is 16.9 Å². The van der Waals surface area contributed by atoms with Crippen molar-refractivity contribution in [1.29, 1.82) is 0 Å². The van der Waals surface area contributed by atoms with Crippen molar-refractivity contribution in [2.75, 3.05) is 26.3 Å². The van der Waals surface area contributed by atoms with Crippen molar-refractivity contribution in [3.8, 4) is 5.75 Å². The van der Waals surface area contributed by atoms with Crippen molar-refractivity contribution >= 4 is 12.0 Å². The quantitative estimate of drug-likeness (QED) is 0.765. The molecule has 1 saturated heterocycles. The molecule has 0 radical (unpaired) electrons. The average Bonchev–Trinajstić information content (AvgIpc) is 2.68. The zero-order chi connectivity index (χ0) is 18.4. The number of carbonyl (C=O) groups excluding carboxylic acids is 1. The number of nitrogens with zero attached hydrogens (tertiary/aromatic N) is 1. The van der Waals surface area contributed by atoms with Gasteiger partial charge in [-0.1, -0.05) is 24.3 Å². The maximum absolute atomic E-state index is 13.1. The smallest absolute Gasteiger partial charge is 0.246 e. The van der Waals surface area contributed by atoms with Gasteiger partial charge in [0.2, 0.25) is 5.91 Å². The van der Waals surface area contributed by atoms with E-state index in [4.69, 9.17) is 9.47 Å². The highest BCUT2D eigenvalue weighted by molar-refractivity contribution is 5.91. The number of halogens is 1. The van der Waals surface area contributed by atoms with Crippen molar-refractivity contribution in [1.82, 2.24) is 4.90 Å². The fourth-order valence-corrected chi connectivity index (χ4v) is 2.84. The van der Waals surface area contributed by atoms with Crippen molar-refractivity contribution in [3.63, 3.8) is 0 Å². The van der Waals surface area contributed by atoms with Crippen LogP contribution in [0.3, 0.4) is 0 Å². The third-order valence-corrected chi connectivity index (χ3v) is 4.23. The summed E-state index contributed by atoms with van der Waals surface area (Å²) in [6.07, 6.45) is 3.13. The van der Waals surface area contributed by atoms with Gasteiger partial charge in [-0.2, -0.15) is 0 Å². The number of hydrogen-bond acceptors (Lipinski definition) is 3. The van der Waals surface area contributed by atoms with Gasteiger partial charge in [-0.05, 0) is 48.4 Å². The van der Waals surface area contributed by atoms with Gasteiger partial charge in [-0.3, -0.25) is 4.79 Å². The van der Waals surface area contributed by atoms with Crippen molar-refractivity contribution in [2.24, 2.45) is 0 Å². The Morgan fingerprint density at radius 2 is 1.96 bits per heavy atom. The summed E-state index contributed by atoms with van der Waals surface area (Å²) >= 11 is 0. The summed E-state index contributed by atoms with van der Waals surface area (Å²) < 4.78 is 24.2. The third-order valence-electron chi connectivity index (χ3n) is 4.23. The van der Waals surface area contributed by atoms with Crippen LogP contribution in [0.5, 0.6) is 5.75 Å². The topological polar surface area (TPSA) is 38.8 Å². The Kier molecular flexibility index (Phi) is 6.02. The molecule has 1 aliphatic heterocycles. The number of morpholine rings is 1. The number of benzene rings is 2. The zero-order valence-electron chi connectivity index (χ0n) is 14.7. The summed E-state index contributed by atoms with van der Waals surface area (Å²) in [7, 11) is 0. The van der Waals surface area contributed by atoms with Gasteiger partial charge in [0.1, 0.15) is 17.7 Å². The molecule has 136 valence electrons. The Morgan fingerprint density at radius 3 is 2.65 bits per heavy atom. The molecule has 0 aromatic heterocycles. The fraction of sp³-hybridized carbons (Fsp3) is 0.286. The lowest BCUT2D eigenvalue weighted by Crippen LogP contribution is -2.41. The first-order chi connectivity index (χ1) is 12.7. The predicted molar refractivity (Wildman–Crippen MR) is 98.3 cm³/mol. The Balaban J connectivity index is 1.60. The molecule has 0 aliphatic carbocycles. The Morgan fingerprint density at radius 1 is 1.23 bits per heavy atom. The number of ether oxygens (including phenoxy) is 2. The molecule has 2 aromatic rings. The fourth-order valence-electron chi connectivity index (χ4n) is 2.84. The van der Waals surface area contributed by atoms with Crippen molar-refractivity contribution in [3.05, 3.63) is 71.6 Å². The van der Waals surface area contributed by atoms with E-state index in [1.54, 1.807) is 29.2 Å². The van der Waals surface area contributed by atoms with E-state index >= 15 is 0 Å². The van der Waals surface area contributed by atoms with Crippen LogP contribution >= 0.6 is 0 Å². The highest BCUT2D eigenvalue weighted by Gasteiger charge is 2.24. The van der Waals surface area contributed by atoms with Crippen molar-refractivity contribution < 1.29 is 18.7 Å². The van der Waals surface area contributed by atoms with Gasteiger partial charge in [-0.15, -0.1) is 0 Å². The van der Waals surface area contributed by atoms with Crippen LogP contribution in [0.15, 0.2) is 54.6 Å². The molecule has 2 aromatic carbocycles. The minimum Gasteiger partial charge on any atom is -0.494 e. The minimum absolute atomic E-state index is 0.0608. The summed E-state index contributed by atoms with van der Waals surface area (Å²) in [5.74, 6) is 0.469. The van der Waals surface area contributed by atoms with Crippen molar-refractivity contribution in [2.45, 2.75) is 13.0 Å². The summed E-state index contributed by atoms with van der Waals surface area (Å²) in [4.78, 5) is 14.2. The number of hydrogen-bond donors (Lipinski definition) is 0. The molecule has 1 unspecified atom stereocenters. The molecule has 0 N–H and O–H groups in total. The average molecular weight is 355 g/mol. The molecule has 0 bridgehead atoms. The van der Waals surface area contributed by atoms with Crippen LogP contribution in [-0.4, -0.2) is 37.1 Å². The summed E-state index contributed by atoms with van der Waals surface area (Å²) in [6, 6.07) is 13.8. The van der Waals surface area contributed by atoms with E-state index in [9.17, 15) is 9.18 Å². The van der Waals surface area contributed by atoms with E-state index in [0.29, 0.717) is 26.3 Å². The van der Waals surface area contributed by atoms with E-state index in [-0.39, 0.29) is 17.8 Å². The molecular formula is C21H22FNO3. The van der Waals surface area contributed by atoms with Crippen LogP contribution in [0, 0.1) is 5.82 Å². The van der Waals surface area contributed by atoms with E-state index in [1.807, 2.05) is 31.2 Å². The van der Waals surface area contributed by atoms with Crippen LogP contribution in [-0.2, 0) is 9.53 Å². The molecule has 0 spiro atoms. The first-order valence-corrected chi connectivity index (χ1v) is 8.72. The predicted octanol–water partition coefficient (Wildman–Crippen LogP) is 3.84. The van der Waals surface area contributed by atoms with Crippen LogP contribution in [0.25, 0.3) is 6.08 Å². The molecule has 1 amide bonds. The number of carbonyl (C=O) groups is 1. The normalized spacial score (nSPS) is 17.5. The molecule has 1 heterocycles. The molecule has 26 heavy (non-hydrogen) atoms. The lowest BCUT2D eigenvalue weighted by Gasteiger charge is -2.32. The van der Waals surface area contributed by atoms with Gasteiger partial charge in [0, 0.05) is 12.6 Å². The summed E-state index contributed by atoms with van der Waals surface area (Å²) in [6.45, 7) is 4.03. The van der Waals surface area contributed by atoms with Crippen LogP contribution in [0.1, 0.15) is 24.2 Å². The monoisotopic (exact) mass is 355 g/mol. The number of rotatable bonds is 5. The highest BCUT2D eigenvalue weighted by Crippen LogP contribution is 2.23. The molecule has 1 atom stereocenters. The number of amides is 1. The maximum atomic E-state index is 13.1. The summed E-state index contributed by atoms with van der Waals surface area (Å²) in [5, 5.41) is 0. The molecule has 4 nitrogen and oxygen atoms in total. The van der Waals surface area contributed by atoms with E-state index in [2.05, 4.69) is 0 Å². The van der Waals surface area contributed by atoms with Crippen LogP contribution < -0.4 is 4.74 Å². The second kappa shape index (κ2) is 8.63. The Labute approximate surface area is 152 Å². The molecule has 3 rings (SSSR count). The standard InChI is InChI=1S/C21H22FNO3/c1-2-25-19-10-3-16(4-11-19)5-12-21(24)23-13-14-26-20(15-23)17-6-8-18(22)9-7-17/h3-12,20H,2,13-15H2,1H3/b12-5+.